The maximum Gasteiger partial charge on any atom is 0.237 e. The van der Waals surface area contributed by atoms with Crippen molar-refractivity contribution in [2.24, 2.45) is 0 Å². The van der Waals surface area contributed by atoms with Gasteiger partial charge in [-0.15, -0.1) is 10.2 Å². The zero-order valence-corrected chi connectivity index (χ0v) is 15.9. The summed E-state index contributed by atoms with van der Waals surface area (Å²) in [6.07, 6.45) is 0. The van der Waals surface area contributed by atoms with Gasteiger partial charge in [0, 0.05) is 12.7 Å². The number of carbonyl (C=O) groups excluding carboxylic acids is 1. The molecule has 0 aliphatic rings. The van der Waals surface area contributed by atoms with Crippen LogP contribution in [0.4, 0.5) is 10.8 Å². The molecule has 0 radical (unpaired) electrons. The van der Waals surface area contributed by atoms with Crippen LogP contribution in [-0.4, -0.2) is 28.4 Å². The fourth-order valence-corrected chi connectivity index (χ4v) is 3.89. The summed E-state index contributed by atoms with van der Waals surface area (Å²) in [5.41, 5.74) is 0.719. The summed E-state index contributed by atoms with van der Waals surface area (Å²) < 4.78 is 6.49. The maximum absolute atomic E-state index is 12.3. The molecule has 0 saturated heterocycles. The van der Waals surface area contributed by atoms with Crippen molar-refractivity contribution >= 4 is 39.8 Å². The van der Waals surface area contributed by atoms with Crippen LogP contribution in [0.15, 0.2) is 58.9 Å². The number of nitrogens with one attached hydrogen (secondary N) is 2. The number of hydrogen-bond acceptors (Lipinski definition) is 7. The highest BCUT2D eigenvalue weighted by Gasteiger charge is 2.17. The number of carbonyl (C=O) groups is 1. The minimum absolute atomic E-state index is 0.0899. The molecule has 0 bridgehead atoms. The predicted octanol–water partition coefficient (Wildman–Crippen LogP) is 4.49. The third-order valence-corrected chi connectivity index (χ3v) is 5.49. The molecule has 0 unspecified atom stereocenters. The first-order valence-corrected chi connectivity index (χ1v) is 9.65. The number of aromatic nitrogens is 2. The number of hydrogen-bond donors (Lipinski definition) is 2. The highest BCUT2D eigenvalue weighted by Crippen LogP contribution is 2.29. The molecule has 2 N–H and O–H groups in total. The standard InChI is InChI=1S/C18H18N4O2S2/c1-12(25-18-22-21-17(19-2)26-18)16(23)20-13-8-10-15(11-9-13)24-14-6-4-3-5-7-14/h3-12H,1-2H3,(H,19,21)(H,20,23)/t12-/m0/s1. The Labute approximate surface area is 160 Å². The summed E-state index contributed by atoms with van der Waals surface area (Å²) in [5.74, 6) is 1.39. The van der Waals surface area contributed by atoms with Gasteiger partial charge in [0.05, 0.1) is 5.25 Å². The molecule has 0 aliphatic heterocycles. The third-order valence-electron chi connectivity index (χ3n) is 3.37. The van der Waals surface area contributed by atoms with Crippen molar-refractivity contribution in [3.05, 3.63) is 54.6 Å². The highest BCUT2D eigenvalue weighted by atomic mass is 32.2. The quantitative estimate of drug-likeness (QED) is 0.583. The average molecular weight is 387 g/mol. The molecule has 1 aromatic heterocycles. The van der Waals surface area contributed by atoms with Crippen molar-refractivity contribution in [3.63, 3.8) is 0 Å². The fourth-order valence-electron chi connectivity index (χ4n) is 2.04. The number of anilines is 2. The van der Waals surface area contributed by atoms with E-state index < -0.39 is 0 Å². The van der Waals surface area contributed by atoms with Gasteiger partial charge in [-0.05, 0) is 43.3 Å². The van der Waals surface area contributed by atoms with Gasteiger partial charge >= 0.3 is 0 Å². The van der Waals surface area contributed by atoms with Crippen LogP contribution >= 0.6 is 23.1 Å². The monoisotopic (exact) mass is 386 g/mol. The topological polar surface area (TPSA) is 76.1 Å². The van der Waals surface area contributed by atoms with E-state index in [-0.39, 0.29) is 11.2 Å². The van der Waals surface area contributed by atoms with Crippen molar-refractivity contribution in [3.8, 4) is 11.5 Å². The van der Waals surface area contributed by atoms with Crippen molar-refractivity contribution in [1.82, 2.24) is 10.2 Å². The van der Waals surface area contributed by atoms with Gasteiger partial charge in [-0.1, -0.05) is 41.3 Å². The molecule has 0 fully saturated rings. The Hall–Kier alpha value is -2.58. The van der Waals surface area contributed by atoms with E-state index in [2.05, 4.69) is 20.8 Å². The molecule has 26 heavy (non-hydrogen) atoms. The second-order valence-electron chi connectivity index (χ2n) is 5.31. The predicted molar refractivity (Wildman–Crippen MR) is 106 cm³/mol. The van der Waals surface area contributed by atoms with Gasteiger partial charge < -0.3 is 15.4 Å². The molecule has 1 amide bonds. The van der Waals surface area contributed by atoms with Gasteiger partial charge in [0.2, 0.25) is 11.0 Å². The minimum atomic E-state index is -0.284. The lowest BCUT2D eigenvalue weighted by Gasteiger charge is -2.11. The van der Waals surface area contributed by atoms with Crippen LogP contribution in [0.1, 0.15) is 6.92 Å². The second kappa shape index (κ2) is 8.68. The lowest BCUT2D eigenvalue weighted by atomic mass is 10.3. The summed E-state index contributed by atoms with van der Waals surface area (Å²) in [6.45, 7) is 1.84. The summed E-state index contributed by atoms with van der Waals surface area (Å²) in [5, 5.41) is 14.3. The Bertz CT molecular complexity index is 853. The van der Waals surface area contributed by atoms with E-state index in [9.17, 15) is 4.79 Å². The van der Waals surface area contributed by atoms with Crippen LogP contribution < -0.4 is 15.4 Å². The number of ether oxygens (including phenoxy) is 1. The van der Waals surface area contributed by atoms with Gasteiger partial charge in [0.1, 0.15) is 11.5 Å². The Kier molecular flexibility index (Phi) is 6.08. The van der Waals surface area contributed by atoms with E-state index in [0.717, 1.165) is 20.9 Å². The Morgan fingerprint density at radius 3 is 2.42 bits per heavy atom. The lowest BCUT2D eigenvalue weighted by Crippen LogP contribution is -2.22. The van der Waals surface area contributed by atoms with Crippen LogP contribution in [0.2, 0.25) is 0 Å². The van der Waals surface area contributed by atoms with E-state index in [0.29, 0.717) is 5.75 Å². The van der Waals surface area contributed by atoms with Gasteiger partial charge in [-0.2, -0.15) is 0 Å². The molecule has 1 atom stereocenters. The fraction of sp³-hybridized carbons (Fsp3) is 0.167. The summed E-state index contributed by atoms with van der Waals surface area (Å²) in [4.78, 5) is 12.3. The molecule has 134 valence electrons. The summed E-state index contributed by atoms with van der Waals surface area (Å²) in [7, 11) is 1.79. The van der Waals surface area contributed by atoms with E-state index >= 15 is 0 Å². The largest absolute Gasteiger partial charge is 0.457 e. The van der Waals surface area contributed by atoms with Crippen molar-refractivity contribution in [2.75, 3.05) is 17.7 Å². The SMILES string of the molecule is CNc1nnc(S[C@@H](C)C(=O)Nc2ccc(Oc3ccccc3)cc2)s1. The number of rotatable bonds is 7. The average Bonchev–Trinajstić information content (AvgIpc) is 3.11. The first-order chi connectivity index (χ1) is 12.6. The zero-order valence-electron chi connectivity index (χ0n) is 14.3. The molecule has 0 saturated carbocycles. The van der Waals surface area contributed by atoms with E-state index in [1.165, 1.54) is 23.1 Å². The van der Waals surface area contributed by atoms with Crippen LogP contribution in [0, 0.1) is 0 Å². The molecule has 3 rings (SSSR count). The van der Waals surface area contributed by atoms with E-state index in [1.807, 2.05) is 61.5 Å². The maximum atomic E-state index is 12.3. The van der Waals surface area contributed by atoms with Crippen molar-refractivity contribution in [2.45, 2.75) is 16.5 Å². The van der Waals surface area contributed by atoms with Crippen molar-refractivity contribution in [1.29, 1.82) is 0 Å². The molecule has 8 heteroatoms. The van der Waals surface area contributed by atoms with Crippen LogP contribution in [0.5, 0.6) is 11.5 Å². The summed E-state index contributed by atoms with van der Waals surface area (Å²) in [6, 6.07) is 16.8. The Morgan fingerprint density at radius 1 is 1.08 bits per heavy atom. The minimum Gasteiger partial charge on any atom is -0.457 e. The van der Waals surface area contributed by atoms with E-state index in [4.69, 9.17) is 4.74 Å². The van der Waals surface area contributed by atoms with Gasteiger partial charge in [0.25, 0.3) is 0 Å². The number of para-hydroxylation sites is 1. The normalized spacial score (nSPS) is 11.6. The van der Waals surface area contributed by atoms with Crippen LogP contribution in [0.3, 0.4) is 0 Å². The first-order valence-electron chi connectivity index (χ1n) is 7.96. The Balaban J connectivity index is 1.55. The number of benzene rings is 2. The molecule has 0 aliphatic carbocycles. The van der Waals surface area contributed by atoms with Gasteiger partial charge in [0.15, 0.2) is 4.34 Å². The molecule has 3 aromatic rings. The molecule has 6 nitrogen and oxygen atoms in total. The first kappa shape index (κ1) is 18.2. The van der Waals surface area contributed by atoms with Gasteiger partial charge in [-0.25, -0.2) is 0 Å². The summed E-state index contributed by atoms with van der Waals surface area (Å²) >= 11 is 2.80. The molecule has 1 heterocycles. The van der Waals surface area contributed by atoms with Crippen molar-refractivity contribution < 1.29 is 9.53 Å². The third kappa shape index (κ3) is 4.96. The zero-order chi connectivity index (χ0) is 18.4. The smallest absolute Gasteiger partial charge is 0.237 e. The number of nitrogens with zero attached hydrogens (tertiary/aromatic N) is 2. The molecule has 2 aromatic carbocycles. The lowest BCUT2D eigenvalue weighted by molar-refractivity contribution is -0.115. The molecule has 0 spiro atoms. The van der Waals surface area contributed by atoms with Gasteiger partial charge in [-0.3, -0.25) is 4.79 Å². The van der Waals surface area contributed by atoms with Crippen LogP contribution in [0.25, 0.3) is 0 Å². The molecular formula is C18H18N4O2S2. The van der Waals surface area contributed by atoms with Crippen LogP contribution in [-0.2, 0) is 4.79 Å². The Morgan fingerprint density at radius 2 is 1.77 bits per heavy atom. The number of thioether (sulfide) groups is 1. The second-order valence-corrected chi connectivity index (χ2v) is 7.88. The van der Waals surface area contributed by atoms with E-state index in [1.54, 1.807) is 7.05 Å². The number of amides is 1. The highest BCUT2D eigenvalue weighted by molar-refractivity contribution is 8.02. The molecular weight excluding hydrogens is 368 g/mol.